The largest absolute Gasteiger partial charge is 0.478 e. The minimum atomic E-state index is -1.03. The topological polar surface area (TPSA) is 122 Å². The zero-order valence-electron chi connectivity index (χ0n) is 21.1. The van der Waals surface area contributed by atoms with E-state index in [0.29, 0.717) is 27.7 Å². The molecule has 5 aromatic carbocycles. The normalized spacial score (nSPS) is 10.6. The van der Waals surface area contributed by atoms with Crippen LogP contribution >= 0.6 is 0 Å². The van der Waals surface area contributed by atoms with Crippen molar-refractivity contribution in [3.63, 3.8) is 0 Å². The SMILES string of the molecule is C=C(Nc1ccc(-c2ccc(C(=O)Nc3ccc(C(=O)O)c4ccccc34)cc2)cc1)c1ccc([N+](=O)[O-])cc1. The van der Waals surface area contributed by atoms with Gasteiger partial charge < -0.3 is 15.7 Å². The maximum atomic E-state index is 13.0. The first-order valence-corrected chi connectivity index (χ1v) is 12.3. The lowest BCUT2D eigenvalue weighted by Crippen LogP contribution is -2.12. The summed E-state index contributed by atoms with van der Waals surface area (Å²) in [5, 5.41) is 27.6. The first-order valence-electron chi connectivity index (χ1n) is 12.3. The minimum Gasteiger partial charge on any atom is -0.478 e. The van der Waals surface area contributed by atoms with Crippen molar-refractivity contribution in [3.8, 4) is 11.1 Å². The number of nitrogens with one attached hydrogen (secondary N) is 2. The quantitative estimate of drug-likeness (QED) is 0.142. The number of fused-ring (bicyclic) bond motifs is 1. The molecule has 0 saturated heterocycles. The molecule has 0 atom stereocenters. The predicted molar refractivity (Wildman–Crippen MR) is 156 cm³/mol. The van der Waals surface area contributed by atoms with Gasteiger partial charge in [-0.1, -0.05) is 55.1 Å². The number of amides is 1. The third-order valence-corrected chi connectivity index (χ3v) is 6.49. The van der Waals surface area contributed by atoms with Gasteiger partial charge in [-0.15, -0.1) is 0 Å². The van der Waals surface area contributed by atoms with Gasteiger partial charge in [0.05, 0.1) is 10.5 Å². The Labute approximate surface area is 229 Å². The number of anilines is 2. The fraction of sp³-hybridized carbons (Fsp3) is 0. The fourth-order valence-corrected chi connectivity index (χ4v) is 4.38. The number of nitro groups is 1. The molecule has 0 saturated carbocycles. The molecule has 196 valence electrons. The Morgan fingerprint density at radius 1 is 0.700 bits per heavy atom. The number of carbonyl (C=O) groups is 2. The van der Waals surface area contributed by atoms with Gasteiger partial charge in [-0.25, -0.2) is 4.79 Å². The molecule has 5 rings (SSSR count). The lowest BCUT2D eigenvalue weighted by molar-refractivity contribution is -0.384. The number of hydrogen-bond donors (Lipinski definition) is 3. The summed E-state index contributed by atoms with van der Waals surface area (Å²) in [4.78, 5) is 34.9. The summed E-state index contributed by atoms with van der Waals surface area (Å²) in [5.74, 6) is -1.33. The molecule has 40 heavy (non-hydrogen) atoms. The molecule has 5 aromatic rings. The van der Waals surface area contributed by atoms with Crippen LogP contribution in [0, 0.1) is 10.1 Å². The number of benzene rings is 5. The van der Waals surface area contributed by atoms with Crippen LogP contribution in [0.3, 0.4) is 0 Å². The summed E-state index contributed by atoms with van der Waals surface area (Å²) in [6.07, 6.45) is 0. The average Bonchev–Trinajstić information content (AvgIpc) is 2.97. The molecule has 8 heteroatoms. The molecule has 3 N–H and O–H groups in total. The number of carboxylic acids is 1. The van der Waals surface area contributed by atoms with Crippen molar-refractivity contribution in [2.24, 2.45) is 0 Å². The Hall–Kier alpha value is -5.76. The van der Waals surface area contributed by atoms with Gasteiger partial charge in [0.25, 0.3) is 11.6 Å². The molecule has 0 aliphatic carbocycles. The summed E-state index contributed by atoms with van der Waals surface area (Å²) in [5.41, 5.74) is 5.24. The zero-order chi connectivity index (χ0) is 28.2. The first-order chi connectivity index (χ1) is 19.3. The standard InChI is InChI=1S/C32H23N3O5/c1-20(21-12-16-26(17-13-21)35(39)40)33-25-14-10-23(11-15-25)22-6-8-24(9-7-22)31(36)34-30-19-18-29(32(37)38)27-4-2-3-5-28(27)30/h2-19,33H,1H2,(H,34,36)(H,37,38). The van der Waals surface area contributed by atoms with Crippen LogP contribution in [0.2, 0.25) is 0 Å². The van der Waals surface area contributed by atoms with Gasteiger partial charge in [0.1, 0.15) is 0 Å². The van der Waals surface area contributed by atoms with E-state index in [1.54, 1.807) is 54.6 Å². The maximum Gasteiger partial charge on any atom is 0.336 e. The molecular formula is C32H23N3O5. The minimum absolute atomic E-state index is 0.0206. The van der Waals surface area contributed by atoms with Crippen molar-refractivity contribution in [3.05, 3.63) is 143 Å². The van der Waals surface area contributed by atoms with Gasteiger partial charge in [-0.2, -0.15) is 0 Å². The molecule has 1 amide bonds. The Morgan fingerprint density at radius 2 is 1.27 bits per heavy atom. The number of carboxylic acid groups (broad SMARTS) is 1. The van der Waals surface area contributed by atoms with Crippen LogP contribution in [0.5, 0.6) is 0 Å². The number of nitro benzene ring substituents is 1. The number of hydrogen-bond acceptors (Lipinski definition) is 5. The van der Waals surface area contributed by atoms with Crippen molar-refractivity contribution < 1.29 is 19.6 Å². The van der Waals surface area contributed by atoms with Crippen molar-refractivity contribution >= 4 is 45.4 Å². The van der Waals surface area contributed by atoms with Crippen LogP contribution in [0.25, 0.3) is 27.6 Å². The second-order valence-corrected chi connectivity index (χ2v) is 9.03. The second-order valence-electron chi connectivity index (χ2n) is 9.03. The summed E-state index contributed by atoms with van der Waals surface area (Å²) in [7, 11) is 0. The van der Waals surface area contributed by atoms with E-state index in [-0.39, 0.29) is 17.2 Å². The summed E-state index contributed by atoms with van der Waals surface area (Å²) < 4.78 is 0. The number of rotatable bonds is 8. The van der Waals surface area contributed by atoms with Crippen LogP contribution in [-0.2, 0) is 0 Å². The van der Waals surface area contributed by atoms with E-state index in [4.69, 9.17) is 0 Å². The van der Waals surface area contributed by atoms with E-state index < -0.39 is 10.9 Å². The van der Waals surface area contributed by atoms with Crippen LogP contribution in [0.4, 0.5) is 17.1 Å². The summed E-state index contributed by atoms with van der Waals surface area (Å²) >= 11 is 0. The lowest BCUT2D eigenvalue weighted by atomic mass is 10.0. The molecule has 0 spiro atoms. The molecule has 0 aliphatic heterocycles. The highest BCUT2D eigenvalue weighted by Crippen LogP contribution is 2.28. The van der Waals surface area contributed by atoms with E-state index in [1.165, 1.54) is 18.2 Å². The Kier molecular flexibility index (Phi) is 7.07. The van der Waals surface area contributed by atoms with Crippen LogP contribution < -0.4 is 10.6 Å². The van der Waals surface area contributed by atoms with E-state index in [0.717, 1.165) is 22.4 Å². The number of carbonyl (C=O) groups excluding carboxylic acids is 1. The highest BCUT2D eigenvalue weighted by molar-refractivity contribution is 6.13. The Bertz CT molecular complexity index is 1760. The molecule has 8 nitrogen and oxygen atoms in total. The number of aromatic carboxylic acids is 1. The molecule has 0 radical (unpaired) electrons. The Morgan fingerprint density at radius 3 is 1.88 bits per heavy atom. The highest BCUT2D eigenvalue weighted by Gasteiger charge is 2.14. The van der Waals surface area contributed by atoms with E-state index in [9.17, 15) is 24.8 Å². The third-order valence-electron chi connectivity index (χ3n) is 6.49. The highest BCUT2D eigenvalue weighted by atomic mass is 16.6. The molecule has 0 unspecified atom stereocenters. The second kappa shape index (κ2) is 10.9. The average molecular weight is 530 g/mol. The third kappa shape index (κ3) is 5.41. The van der Waals surface area contributed by atoms with Gasteiger partial charge in [0.15, 0.2) is 0 Å². The molecule has 0 fully saturated rings. The Balaban J connectivity index is 1.26. The summed E-state index contributed by atoms with van der Waals surface area (Å²) in [6.45, 7) is 4.02. The van der Waals surface area contributed by atoms with Gasteiger partial charge in [-0.3, -0.25) is 14.9 Å². The summed E-state index contributed by atoms with van der Waals surface area (Å²) in [6, 6.07) is 31.2. The van der Waals surface area contributed by atoms with Crippen LogP contribution in [-0.4, -0.2) is 21.9 Å². The van der Waals surface area contributed by atoms with E-state index in [2.05, 4.69) is 17.2 Å². The molecule has 0 heterocycles. The van der Waals surface area contributed by atoms with Gasteiger partial charge in [0, 0.05) is 40.2 Å². The van der Waals surface area contributed by atoms with E-state index in [1.807, 2.05) is 36.4 Å². The number of nitrogens with zero attached hydrogens (tertiary/aromatic N) is 1. The van der Waals surface area contributed by atoms with Gasteiger partial charge in [0.2, 0.25) is 0 Å². The van der Waals surface area contributed by atoms with Crippen molar-refractivity contribution in [2.45, 2.75) is 0 Å². The van der Waals surface area contributed by atoms with Gasteiger partial charge in [-0.05, 0) is 70.6 Å². The smallest absolute Gasteiger partial charge is 0.336 e. The van der Waals surface area contributed by atoms with Crippen LogP contribution in [0.1, 0.15) is 26.3 Å². The van der Waals surface area contributed by atoms with Crippen molar-refractivity contribution in [2.75, 3.05) is 10.6 Å². The van der Waals surface area contributed by atoms with Crippen LogP contribution in [0.15, 0.2) is 116 Å². The lowest BCUT2D eigenvalue weighted by Gasteiger charge is -2.12. The first kappa shape index (κ1) is 25.9. The zero-order valence-corrected chi connectivity index (χ0v) is 21.1. The fourth-order valence-electron chi connectivity index (χ4n) is 4.38. The monoisotopic (exact) mass is 529 g/mol. The molecular weight excluding hydrogens is 506 g/mol. The number of non-ortho nitro benzene ring substituents is 1. The molecule has 0 aliphatic rings. The van der Waals surface area contributed by atoms with Gasteiger partial charge >= 0.3 is 5.97 Å². The van der Waals surface area contributed by atoms with Crippen molar-refractivity contribution in [1.29, 1.82) is 0 Å². The van der Waals surface area contributed by atoms with Crippen molar-refractivity contribution in [1.82, 2.24) is 0 Å². The molecule has 0 bridgehead atoms. The predicted octanol–water partition coefficient (Wildman–Crippen LogP) is 7.45. The molecule has 0 aromatic heterocycles. The van der Waals surface area contributed by atoms with E-state index >= 15 is 0 Å². The maximum absolute atomic E-state index is 13.0.